The highest BCUT2D eigenvalue weighted by atomic mass is 32.1. The van der Waals surface area contributed by atoms with Crippen LogP contribution in [0.25, 0.3) is 0 Å². The maximum atomic E-state index is 12.4. The predicted octanol–water partition coefficient (Wildman–Crippen LogP) is 2.89. The van der Waals surface area contributed by atoms with Crippen LogP contribution in [0.15, 0.2) is 29.6 Å². The van der Waals surface area contributed by atoms with Gasteiger partial charge in [0.25, 0.3) is 5.91 Å². The van der Waals surface area contributed by atoms with E-state index in [1.807, 2.05) is 6.07 Å². The summed E-state index contributed by atoms with van der Waals surface area (Å²) < 4.78 is 10.4. The molecule has 2 rings (SSSR count). The van der Waals surface area contributed by atoms with Gasteiger partial charge in [-0.15, -0.1) is 11.3 Å². The molecular formula is C14H12N2O3S. The van der Waals surface area contributed by atoms with Gasteiger partial charge in [-0.05, 0) is 23.6 Å². The molecule has 0 aliphatic carbocycles. The van der Waals surface area contributed by atoms with Crippen molar-refractivity contribution in [1.82, 2.24) is 0 Å². The van der Waals surface area contributed by atoms with Crippen LogP contribution in [-0.4, -0.2) is 20.1 Å². The Bertz CT molecular complexity index is 651. The maximum absolute atomic E-state index is 12.4. The Morgan fingerprint density at radius 1 is 1.25 bits per heavy atom. The highest BCUT2D eigenvalue weighted by Gasteiger charge is 2.19. The zero-order chi connectivity index (χ0) is 14.5. The van der Waals surface area contributed by atoms with Gasteiger partial charge < -0.3 is 14.8 Å². The number of methoxy groups -OCH3 is 2. The van der Waals surface area contributed by atoms with Crippen LogP contribution in [0, 0.1) is 11.3 Å². The van der Waals surface area contributed by atoms with E-state index in [2.05, 4.69) is 5.32 Å². The number of hydrogen-bond acceptors (Lipinski definition) is 5. The second-order valence-corrected chi connectivity index (χ2v) is 4.68. The van der Waals surface area contributed by atoms with Crippen molar-refractivity contribution in [3.63, 3.8) is 0 Å². The summed E-state index contributed by atoms with van der Waals surface area (Å²) in [5, 5.41) is 13.9. The van der Waals surface area contributed by atoms with Gasteiger partial charge >= 0.3 is 0 Å². The fraction of sp³-hybridized carbons (Fsp3) is 0.143. The highest BCUT2D eigenvalue weighted by molar-refractivity contribution is 7.14. The number of nitriles is 1. The third-order valence-corrected chi connectivity index (χ3v) is 3.50. The summed E-state index contributed by atoms with van der Waals surface area (Å²) in [6.45, 7) is 0. The van der Waals surface area contributed by atoms with Crippen molar-refractivity contribution in [3.05, 3.63) is 40.8 Å². The van der Waals surface area contributed by atoms with Gasteiger partial charge in [0, 0.05) is 0 Å². The van der Waals surface area contributed by atoms with Gasteiger partial charge in [0.15, 0.2) is 0 Å². The molecule has 1 aromatic carbocycles. The second-order valence-electron chi connectivity index (χ2n) is 3.77. The molecule has 0 radical (unpaired) electrons. The number of ether oxygens (including phenoxy) is 2. The molecule has 1 N–H and O–H groups in total. The highest BCUT2D eigenvalue weighted by Crippen LogP contribution is 2.30. The van der Waals surface area contributed by atoms with Crippen molar-refractivity contribution in [2.75, 3.05) is 19.5 Å². The molecule has 20 heavy (non-hydrogen) atoms. The van der Waals surface area contributed by atoms with Crippen LogP contribution in [0.4, 0.5) is 5.00 Å². The smallest absolute Gasteiger partial charge is 0.263 e. The van der Waals surface area contributed by atoms with Crippen molar-refractivity contribution in [2.45, 2.75) is 0 Å². The van der Waals surface area contributed by atoms with Crippen molar-refractivity contribution in [1.29, 1.82) is 5.26 Å². The number of anilines is 1. The molecule has 0 saturated carbocycles. The first-order chi connectivity index (χ1) is 9.71. The first-order valence-corrected chi connectivity index (χ1v) is 6.59. The molecule has 0 spiro atoms. The summed E-state index contributed by atoms with van der Waals surface area (Å²) in [6.07, 6.45) is 0. The molecule has 0 aliphatic rings. The Morgan fingerprint density at radius 2 is 1.90 bits per heavy atom. The van der Waals surface area contributed by atoms with Gasteiger partial charge in [-0.2, -0.15) is 5.26 Å². The van der Waals surface area contributed by atoms with E-state index < -0.39 is 0 Å². The lowest BCUT2D eigenvalue weighted by molar-refractivity contribution is 0.102. The van der Waals surface area contributed by atoms with E-state index in [1.165, 1.54) is 25.6 Å². The van der Waals surface area contributed by atoms with Crippen molar-refractivity contribution < 1.29 is 14.3 Å². The average Bonchev–Trinajstić information content (AvgIpc) is 2.93. The minimum Gasteiger partial charge on any atom is -0.496 e. The molecular weight excluding hydrogens is 276 g/mol. The summed E-state index contributed by atoms with van der Waals surface area (Å²) in [5.41, 5.74) is 0.729. The quantitative estimate of drug-likeness (QED) is 0.939. The van der Waals surface area contributed by atoms with Gasteiger partial charge in [-0.1, -0.05) is 6.07 Å². The Labute approximate surface area is 120 Å². The Balaban J connectivity index is 2.37. The van der Waals surface area contributed by atoms with Crippen LogP contribution >= 0.6 is 11.3 Å². The molecule has 0 unspecified atom stereocenters. The molecule has 0 atom stereocenters. The summed E-state index contributed by atoms with van der Waals surface area (Å²) in [6, 6.07) is 8.77. The normalized spacial score (nSPS) is 9.65. The fourth-order valence-electron chi connectivity index (χ4n) is 1.73. The minimum atomic E-state index is -0.377. The molecule has 102 valence electrons. The van der Waals surface area contributed by atoms with E-state index in [4.69, 9.17) is 14.7 Å². The Kier molecular flexibility index (Phi) is 4.23. The van der Waals surface area contributed by atoms with E-state index in [0.29, 0.717) is 27.6 Å². The van der Waals surface area contributed by atoms with Crippen molar-refractivity contribution in [3.8, 4) is 17.6 Å². The molecule has 0 saturated heterocycles. The van der Waals surface area contributed by atoms with Crippen LogP contribution < -0.4 is 14.8 Å². The molecule has 5 nitrogen and oxygen atoms in total. The lowest BCUT2D eigenvalue weighted by Crippen LogP contribution is -2.14. The number of nitrogens with one attached hydrogen (secondary N) is 1. The van der Waals surface area contributed by atoms with Crippen LogP contribution in [0.5, 0.6) is 11.5 Å². The van der Waals surface area contributed by atoms with E-state index in [0.717, 1.165) is 0 Å². The summed E-state index contributed by atoms with van der Waals surface area (Å²) in [4.78, 5) is 12.4. The van der Waals surface area contributed by atoms with E-state index >= 15 is 0 Å². The molecule has 1 aromatic heterocycles. The topological polar surface area (TPSA) is 71.3 Å². The minimum absolute atomic E-state index is 0.301. The number of rotatable bonds is 4. The van der Waals surface area contributed by atoms with Crippen LogP contribution in [0.1, 0.15) is 15.9 Å². The number of carbonyl (C=O) groups is 1. The standard InChI is InChI=1S/C14H12N2O3S/c1-18-10-4-3-5-11(19-2)12(10)13(17)16-14-9(8-15)6-7-20-14/h3-7H,1-2H3,(H,16,17). The lowest BCUT2D eigenvalue weighted by Gasteiger charge is -2.12. The maximum Gasteiger partial charge on any atom is 0.263 e. The van der Waals surface area contributed by atoms with Crippen LogP contribution in [0.3, 0.4) is 0 Å². The third-order valence-electron chi connectivity index (χ3n) is 2.67. The summed E-state index contributed by atoms with van der Waals surface area (Å²) in [5.74, 6) is 0.451. The van der Waals surface area contributed by atoms with E-state index in [-0.39, 0.29) is 5.91 Å². The Morgan fingerprint density at radius 3 is 2.45 bits per heavy atom. The van der Waals surface area contributed by atoms with Gasteiger partial charge in [0.1, 0.15) is 28.1 Å². The zero-order valence-electron chi connectivity index (χ0n) is 11.0. The molecule has 0 bridgehead atoms. The lowest BCUT2D eigenvalue weighted by atomic mass is 10.1. The van der Waals surface area contributed by atoms with Gasteiger partial charge in [-0.25, -0.2) is 0 Å². The van der Waals surface area contributed by atoms with Gasteiger partial charge in [0.05, 0.1) is 19.8 Å². The monoisotopic (exact) mass is 288 g/mol. The average molecular weight is 288 g/mol. The number of carbonyl (C=O) groups excluding carboxylic acids is 1. The van der Waals surface area contributed by atoms with Crippen LogP contribution in [0.2, 0.25) is 0 Å². The molecule has 6 heteroatoms. The van der Waals surface area contributed by atoms with Crippen LogP contribution in [-0.2, 0) is 0 Å². The number of benzene rings is 1. The predicted molar refractivity (Wildman–Crippen MR) is 76.5 cm³/mol. The van der Waals surface area contributed by atoms with Crippen molar-refractivity contribution in [2.24, 2.45) is 0 Å². The largest absolute Gasteiger partial charge is 0.496 e. The fourth-order valence-corrected chi connectivity index (χ4v) is 2.47. The number of thiophene rings is 1. The molecule has 1 heterocycles. The van der Waals surface area contributed by atoms with E-state index in [9.17, 15) is 4.79 Å². The van der Waals surface area contributed by atoms with Gasteiger partial charge in [-0.3, -0.25) is 4.79 Å². The number of hydrogen-bond donors (Lipinski definition) is 1. The molecule has 1 amide bonds. The molecule has 2 aromatic rings. The number of amides is 1. The summed E-state index contributed by atoms with van der Waals surface area (Å²) >= 11 is 1.29. The molecule has 0 aliphatic heterocycles. The van der Waals surface area contributed by atoms with E-state index in [1.54, 1.807) is 29.6 Å². The molecule has 0 fully saturated rings. The van der Waals surface area contributed by atoms with Gasteiger partial charge in [0.2, 0.25) is 0 Å². The third kappa shape index (κ3) is 2.58. The number of nitrogens with zero attached hydrogens (tertiary/aromatic N) is 1. The first-order valence-electron chi connectivity index (χ1n) is 5.71. The second kappa shape index (κ2) is 6.08. The summed E-state index contributed by atoms with van der Waals surface area (Å²) in [7, 11) is 2.97. The first kappa shape index (κ1) is 13.9. The zero-order valence-corrected chi connectivity index (χ0v) is 11.8. The SMILES string of the molecule is COc1cccc(OC)c1C(=O)Nc1sccc1C#N. The van der Waals surface area contributed by atoms with Crippen molar-refractivity contribution >= 4 is 22.2 Å². The Hall–Kier alpha value is -2.52.